The van der Waals surface area contributed by atoms with Gasteiger partial charge >= 0.3 is 0 Å². The van der Waals surface area contributed by atoms with E-state index < -0.39 is 5.82 Å². The summed E-state index contributed by atoms with van der Waals surface area (Å²) in [7, 11) is 0. The quantitative estimate of drug-likeness (QED) is 0.163. The first-order valence-corrected chi connectivity index (χ1v) is 10.8. The fourth-order valence-corrected chi connectivity index (χ4v) is 4.00. The summed E-state index contributed by atoms with van der Waals surface area (Å²) in [6.07, 6.45) is 4.83. The summed E-state index contributed by atoms with van der Waals surface area (Å²) in [6, 6.07) is 4.66. The largest absolute Gasteiger partial charge is 0.490 e. The summed E-state index contributed by atoms with van der Waals surface area (Å²) < 4.78 is 23.3. The van der Waals surface area contributed by atoms with Gasteiger partial charge in [0.05, 0.1) is 22.4 Å². The Hall–Kier alpha value is -3.92. The number of imidazole rings is 1. The van der Waals surface area contributed by atoms with E-state index in [-0.39, 0.29) is 28.2 Å². The van der Waals surface area contributed by atoms with Gasteiger partial charge in [0, 0.05) is 36.1 Å². The van der Waals surface area contributed by atoms with Crippen LogP contribution < -0.4 is 16.2 Å². The number of oxime groups is 1. The minimum Gasteiger partial charge on any atom is -0.490 e. The predicted octanol–water partition coefficient (Wildman–Crippen LogP) is 3.95. The lowest BCUT2D eigenvalue weighted by molar-refractivity contribution is 0.240. The molecular weight excluding hydrogens is 461 g/mol. The van der Waals surface area contributed by atoms with Crippen molar-refractivity contribution >= 4 is 28.8 Å². The van der Waals surface area contributed by atoms with E-state index in [4.69, 9.17) is 33.0 Å². The molecule has 0 spiro atoms. The molecule has 0 aliphatic carbocycles. The van der Waals surface area contributed by atoms with Crippen molar-refractivity contribution in [1.82, 2.24) is 19.4 Å². The van der Waals surface area contributed by atoms with Crippen molar-refractivity contribution in [3.8, 4) is 16.9 Å². The Morgan fingerprint density at radius 3 is 2.74 bits per heavy atom. The van der Waals surface area contributed by atoms with Gasteiger partial charge in [-0.3, -0.25) is 9.38 Å². The maximum atomic E-state index is 15.4. The van der Waals surface area contributed by atoms with E-state index in [1.165, 1.54) is 18.3 Å². The van der Waals surface area contributed by atoms with Gasteiger partial charge in [0.15, 0.2) is 11.7 Å². The summed E-state index contributed by atoms with van der Waals surface area (Å²) in [5, 5.41) is 11.7. The van der Waals surface area contributed by atoms with Crippen LogP contribution in [0.4, 0.5) is 10.2 Å². The number of hydrogen-bond donors (Lipinski definition) is 3. The molecule has 3 aromatic heterocycles. The molecule has 0 saturated heterocycles. The number of anilines is 1. The van der Waals surface area contributed by atoms with Crippen LogP contribution >= 0.6 is 11.6 Å². The van der Waals surface area contributed by atoms with Gasteiger partial charge in [-0.25, -0.2) is 14.4 Å². The number of pyridine rings is 1. The first-order chi connectivity index (χ1) is 16.2. The van der Waals surface area contributed by atoms with Crippen molar-refractivity contribution in [2.75, 3.05) is 5.73 Å². The standard InChI is InChI=1S/C23H23ClFN7O2/c1-11(2)34-21-14(9-17-30-12(3)20-23(27)28-6-7-32(17)20)8-15(24)19(25)18(21)13-4-5-16(29-10-13)22(26)31-33/h4-8,10-11,33H,9H2,1-3H3,(H2,26,31)(H2,27,28). The molecular formula is C23H23ClFN7O2. The van der Waals surface area contributed by atoms with E-state index >= 15 is 4.39 Å². The Bertz CT molecular complexity index is 1400. The summed E-state index contributed by atoms with van der Waals surface area (Å²) in [5.74, 6) is 0.563. The van der Waals surface area contributed by atoms with Gasteiger partial charge in [-0.05, 0) is 32.9 Å². The molecule has 0 amide bonds. The average Bonchev–Trinajstić information content (AvgIpc) is 3.13. The van der Waals surface area contributed by atoms with E-state index in [0.717, 1.165) is 5.69 Å². The van der Waals surface area contributed by atoms with Gasteiger partial charge in [-0.2, -0.15) is 0 Å². The monoisotopic (exact) mass is 483 g/mol. The van der Waals surface area contributed by atoms with Gasteiger partial charge in [0.25, 0.3) is 0 Å². The van der Waals surface area contributed by atoms with E-state index in [1.807, 2.05) is 25.2 Å². The maximum absolute atomic E-state index is 15.4. The molecule has 3 heterocycles. The third kappa shape index (κ3) is 4.19. The number of ether oxygens (including phenoxy) is 1. The number of aromatic nitrogens is 4. The molecule has 0 aliphatic rings. The highest BCUT2D eigenvalue weighted by Gasteiger charge is 2.23. The summed E-state index contributed by atoms with van der Waals surface area (Å²) in [5.41, 5.74) is 14.5. The molecule has 176 valence electrons. The molecule has 4 aromatic rings. The molecule has 34 heavy (non-hydrogen) atoms. The number of aryl methyl sites for hydroxylation is 1. The molecule has 1 aromatic carbocycles. The highest BCUT2D eigenvalue weighted by molar-refractivity contribution is 6.31. The van der Waals surface area contributed by atoms with Crippen molar-refractivity contribution in [3.63, 3.8) is 0 Å². The zero-order valence-electron chi connectivity index (χ0n) is 18.8. The lowest BCUT2D eigenvalue weighted by Crippen LogP contribution is -2.15. The number of rotatable bonds is 6. The van der Waals surface area contributed by atoms with Crippen LogP contribution in [0.25, 0.3) is 16.6 Å². The second kappa shape index (κ2) is 9.14. The number of nitrogens with two attached hydrogens (primary N) is 2. The number of nitrogen functional groups attached to an aromatic ring is 1. The minimum absolute atomic E-state index is 0.0691. The molecule has 4 rings (SSSR count). The van der Waals surface area contributed by atoms with E-state index in [9.17, 15) is 0 Å². The van der Waals surface area contributed by atoms with Crippen molar-refractivity contribution in [2.24, 2.45) is 10.9 Å². The van der Waals surface area contributed by atoms with E-state index in [0.29, 0.717) is 40.5 Å². The van der Waals surface area contributed by atoms with Crippen LogP contribution in [0.1, 0.15) is 36.6 Å². The summed E-state index contributed by atoms with van der Waals surface area (Å²) in [4.78, 5) is 12.9. The van der Waals surface area contributed by atoms with Gasteiger partial charge in [-0.15, -0.1) is 0 Å². The number of amidine groups is 1. The normalized spacial score (nSPS) is 12.0. The topological polar surface area (TPSA) is 137 Å². The van der Waals surface area contributed by atoms with Crippen molar-refractivity contribution in [3.05, 3.63) is 70.4 Å². The lowest BCUT2D eigenvalue weighted by Gasteiger charge is -2.20. The van der Waals surface area contributed by atoms with Crippen LogP contribution in [0.2, 0.25) is 5.02 Å². The smallest absolute Gasteiger partial charge is 0.188 e. The average molecular weight is 484 g/mol. The van der Waals surface area contributed by atoms with Crippen LogP contribution in [0.5, 0.6) is 5.75 Å². The van der Waals surface area contributed by atoms with E-state index in [2.05, 4.69) is 20.1 Å². The van der Waals surface area contributed by atoms with Crippen molar-refractivity contribution in [1.29, 1.82) is 0 Å². The van der Waals surface area contributed by atoms with Gasteiger partial charge < -0.3 is 21.4 Å². The second-order valence-corrected chi connectivity index (χ2v) is 8.35. The molecule has 0 aliphatic heterocycles. The lowest BCUT2D eigenvalue weighted by atomic mass is 9.99. The molecule has 0 fully saturated rings. The first kappa shape index (κ1) is 23.2. The summed E-state index contributed by atoms with van der Waals surface area (Å²) in [6.45, 7) is 5.54. The van der Waals surface area contributed by atoms with Gasteiger partial charge in [0.1, 0.15) is 28.6 Å². The van der Waals surface area contributed by atoms with Crippen LogP contribution in [0.15, 0.2) is 41.9 Å². The molecule has 9 nitrogen and oxygen atoms in total. The fourth-order valence-electron chi connectivity index (χ4n) is 3.78. The maximum Gasteiger partial charge on any atom is 0.188 e. The minimum atomic E-state index is -0.642. The second-order valence-electron chi connectivity index (χ2n) is 7.94. The predicted molar refractivity (Wildman–Crippen MR) is 128 cm³/mol. The zero-order chi connectivity index (χ0) is 24.6. The number of fused-ring (bicyclic) bond motifs is 1. The highest BCUT2D eigenvalue weighted by Crippen LogP contribution is 2.41. The van der Waals surface area contributed by atoms with Crippen molar-refractivity contribution < 1.29 is 14.3 Å². The molecule has 0 unspecified atom stereocenters. The number of nitrogens with zero attached hydrogens (tertiary/aromatic N) is 5. The zero-order valence-corrected chi connectivity index (χ0v) is 19.5. The highest BCUT2D eigenvalue weighted by atomic mass is 35.5. The third-order valence-corrected chi connectivity index (χ3v) is 5.48. The van der Waals surface area contributed by atoms with E-state index in [1.54, 1.807) is 18.5 Å². The third-order valence-electron chi connectivity index (χ3n) is 5.20. The Labute approximate surface area is 199 Å². The first-order valence-electron chi connectivity index (χ1n) is 10.4. The molecule has 11 heteroatoms. The SMILES string of the molecule is Cc1nc(Cc2cc(Cl)c(F)c(-c3ccc(/C(N)=N/O)nc3)c2OC(C)C)n2ccnc(N)c12. The number of halogens is 2. The number of hydrogen-bond acceptors (Lipinski definition) is 7. The fraction of sp³-hybridized carbons (Fsp3) is 0.217. The van der Waals surface area contributed by atoms with Gasteiger partial charge in [-0.1, -0.05) is 22.8 Å². The molecule has 0 saturated carbocycles. The van der Waals surface area contributed by atoms with Crippen LogP contribution in [-0.4, -0.2) is 36.5 Å². The molecule has 0 radical (unpaired) electrons. The van der Waals surface area contributed by atoms with Crippen LogP contribution in [-0.2, 0) is 6.42 Å². The van der Waals surface area contributed by atoms with Crippen LogP contribution in [0, 0.1) is 12.7 Å². The molecule has 5 N–H and O–H groups in total. The summed E-state index contributed by atoms with van der Waals surface area (Å²) >= 11 is 6.32. The van der Waals surface area contributed by atoms with Gasteiger partial charge in [0.2, 0.25) is 0 Å². The Kier molecular flexibility index (Phi) is 6.25. The van der Waals surface area contributed by atoms with Crippen molar-refractivity contribution in [2.45, 2.75) is 33.3 Å². The Morgan fingerprint density at radius 1 is 1.32 bits per heavy atom. The number of benzene rings is 1. The molecule has 0 bridgehead atoms. The Morgan fingerprint density at radius 2 is 2.09 bits per heavy atom. The molecule has 0 atom stereocenters. The van der Waals surface area contributed by atoms with Crippen LogP contribution in [0.3, 0.4) is 0 Å². The Balaban J connectivity index is 1.89.